The molecule has 4 nitrogen and oxygen atoms in total. The van der Waals surface area contributed by atoms with Crippen molar-refractivity contribution >= 4 is 0 Å². The number of hydrogen-bond donors (Lipinski definition) is 0. The van der Waals surface area contributed by atoms with Crippen LogP contribution in [0, 0.1) is 11.8 Å². The molecule has 2 aliphatic rings. The SMILES string of the molecule is c1nnnnc1C1CCCC2CCCCC21. The summed E-state index contributed by atoms with van der Waals surface area (Å²) in [5.74, 6) is 2.37. The molecule has 0 radical (unpaired) electrons. The summed E-state index contributed by atoms with van der Waals surface area (Å²) >= 11 is 0. The van der Waals surface area contributed by atoms with Gasteiger partial charge in [-0.05, 0) is 35.1 Å². The first-order chi connectivity index (χ1) is 7.95. The number of aromatic nitrogens is 4. The fourth-order valence-electron chi connectivity index (χ4n) is 3.68. The Morgan fingerprint density at radius 3 is 2.69 bits per heavy atom. The molecule has 4 heteroatoms. The minimum Gasteiger partial charge on any atom is -0.135 e. The standard InChI is InChI=1S/C12H18N4/c1-2-6-10-9(4-1)5-3-7-11(10)12-8-13-15-16-14-12/h8-11H,1-7H2. The number of fused-ring (bicyclic) bond motifs is 1. The normalized spacial score (nSPS) is 34.4. The fraction of sp³-hybridized carbons (Fsp3) is 0.833. The topological polar surface area (TPSA) is 51.6 Å². The first-order valence-corrected chi connectivity index (χ1v) is 6.46. The predicted molar refractivity (Wildman–Crippen MR) is 59.7 cm³/mol. The van der Waals surface area contributed by atoms with E-state index in [9.17, 15) is 0 Å². The van der Waals surface area contributed by atoms with Crippen molar-refractivity contribution in [1.29, 1.82) is 0 Å². The van der Waals surface area contributed by atoms with Crippen LogP contribution >= 0.6 is 0 Å². The largest absolute Gasteiger partial charge is 0.135 e. The lowest BCUT2D eigenvalue weighted by Crippen LogP contribution is -2.30. The van der Waals surface area contributed by atoms with Gasteiger partial charge in [0.25, 0.3) is 0 Å². The summed E-state index contributed by atoms with van der Waals surface area (Å²) in [5, 5.41) is 15.3. The Balaban J connectivity index is 1.83. The Kier molecular flexibility index (Phi) is 2.80. The third-order valence-electron chi connectivity index (χ3n) is 4.40. The molecule has 16 heavy (non-hydrogen) atoms. The molecule has 0 saturated heterocycles. The Bertz CT molecular complexity index is 338. The van der Waals surface area contributed by atoms with Crippen LogP contribution in [0.1, 0.15) is 56.6 Å². The van der Waals surface area contributed by atoms with Gasteiger partial charge >= 0.3 is 0 Å². The van der Waals surface area contributed by atoms with Gasteiger partial charge in [-0.25, -0.2) is 0 Å². The quantitative estimate of drug-likeness (QED) is 0.726. The minimum absolute atomic E-state index is 0.599. The van der Waals surface area contributed by atoms with Gasteiger partial charge in [0.05, 0.1) is 11.9 Å². The lowest BCUT2D eigenvalue weighted by Gasteiger charge is -2.40. The van der Waals surface area contributed by atoms with E-state index in [4.69, 9.17) is 0 Å². The molecule has 0 bridgehead atoms. The van der Waals surface area contributed by atoms with Crippen molar-refractivity contribution in [3.05, 3.63) is 11.9 Å². The van der Waals surface area contributed by atoms with Crippen LogP contribution < -0.4 is 0 Å². The second-order valence-corrected chi connectivity index (χ2v) is 5.19. The van der Waals surface area contributed by atoms with Crippen LogP contribution in [0.2, 0.25) is 0 Å². The van der Waals surface area contributed by atoms with Crippen LogP contribution in [0.15, 0.2) is 6.20 Å². The highest BCUT2D eigenvalue weighted by Gasteiger charge is 2.36. The summed E-state index contributed by atoms with van der Waals surface area (Å²) in [5.41, 5.74) is 1.08. The highest BCUT2D eigenvalue weighted by Crippen LogP contribution is 2.47. The lowest BCUT2D eigenvalue weighted by atomic mass is 9.65. The van der Waals surface area contributed by atoms with Crippen LogP contribution in [0.4, 0.5) is 0 Å². The van der Waals surface area contributed by atoms with Crippen molar-refractivity contribution in [3.8, 4) is 0 Å². The van der Waals surface area contributed by atoms with Gasteiger partial charge in [0.15, 0.2) is 0 Å². The smallest absolute Gasteiger partial charge is 0.0884 e. The van der Waals surface area contributed by atoms with E-state index >= 15 is 0 Å². The van der Waals surface area contributed by atoms with Gasteiger partial charge in [-0.15, -0.1) is 10.2 Å². The van der Waals surface area contributed by atoms with Crippen molar-refractivity contribution in [2.75, 3.05) is 0 Å². The maximum Gasteiger partial charge on any atom is 0.0884 e. The summed E-state index contributed by atoms with van der Waals surface area (Å²) in [6.45, 7) is 0. The maximum absolute atomic E-state index is 4.17. The molecule has 0 amide bonds. The molecule has 1 aromatic heterocycles. The van der Waals surface area contributed by atoms with E-state index in [0.29, 0.717) is 5.92 Å². The van der Waals surface area contributed by atoms with Crippen molar-refractivity contribution in [2.24, 2.45) is 11.8 Å². The maximum atomic E-state index is 4.17. The third-order valence-corrected chi connectivity index (χ3v) is 4.40. The van der Waals surface area contributed by atoms with E-state index in [1.54, 1.807) is 0 Å². The van der Waals surface area contributed by atoms with E-state index < -0.39 is 0 Å². The van der Waals surface area contributed by atoms with Gasteiger partial charge in [-0.3, -0.25) is 0 Å². The first-order valence-electron chi connectivity index (χ1n) is 6.46. The average Bonchev–Trinajstić information content (AvgIpc) is 2.39. The Hall–Kier alpha value is -1.06. The van der Waals surface area contributed by atoms with Gasteiger partial charge in [-0.2, -0.15) is 0 Å². The van der Waals surface area contributed by atoms with E-state index in [2.05, 4.69) is 20.6 Å². The summed E-state index contributed by atoms with van der Waals surface area (Å²) < 4.78 is 0. The molecule has 2 aliphatic carbocycles. The zero-order valence-corrected chi connectivity index (χ0v) is 9.55. The molecule has 3 unspecified atom stereocenters. The van der Waals surface area contributed by atoms with Gasteiger partial charge < -0.3 is 0 Å². The van der Waals surface area contributed by atoms with E-state index in [0.717, 1.165) is 17.5 Å². The minimum atomic E-state index is 0.599. The molecule has 0 spiro atoms. The van der Waals surface area contributed by atoms with Crippen molar-refractivity contribution < 1.29 is 0 Å². The van der Waals surface area contributed by atoms with Gasteiger partial charge in [0.2, 0.25) is 0 Å². The first kappa shape index (κ1) is 10.1. The van der Waals surface area contributed by atoms with E-state index in [1.165, 1.54) is 44.9 Å². The summed E-state index contributed by atoms with van der Waals surface area (Å²) in [6.07, 6.45) is 11.5. The molecular weight excluding hydrogens is 200 g/mol. The van der Waals surface area contributed by atoms with Crippen LogP contribution in [-0.2, 0) is 0 Å². The zero-order valence-electron chi connectivity index (χ0n) is 9.55. The lowest BCUT2D eigenvalue weighted by molar-refractivity contribution is 0.141. The van der Waals surface area contributed by atoms with Gasteiger partial charge in [-0.1, -0.05) is 32.1 Å². The molecule has 86 valence electrons. The van der Waals surface area contributed by atoms with Crippen LogP contribution in [-0.4, -0.2) is 20.6 Å². The summed E-state index contributed by atoms with van der Waals surface area (Å²) in [6, 6.07) is 0. The Morgan fingerprint density at radius 1 is 0.938 bits per heavy atom. The second kappa shape index (κ2) is 4.44. The molecule has 3 rings (SSSR count). The van der Waals surface area contributed by atoms with Crippen LogP contribution in [0.3, 0.4) is 0 Å². The predicted octanol–water partition coefficient (Wildman–Crippen LogP) is 2.34. The van der Waals surface area contributed by atoms with Crippen molar-refractivity contribution in [2.45, 2.75) is 50.9 Å². The highest BCUT2D eigenvalue weighted by molar-refractivity contribution is 5.06. The Labute approximate surface area is 95.9 Å². The molecule has 0 aromatic carbocycles. The van der Waals surface area contributed by atoms with Crippen LogP contribution in [0.5, 0.6) is 0 Å². The molecule has 0 N–H and O–H groups in total. The second-order valence-electron chi connectivity index (χ2n) is 5.19. The molecule has 3 atom stereocenters. The third kappa shape index (κ3) is 1.81. The monoisotopic (exact) mass is 218 g/mol. The fourth-order valence-corrected chi connectivity index (χ4v) is 3.68. The van der Waals surface area contributed by atoms with E-state index in [-0.39, 0.29) is 0 Å². The summed E-state index contributed by atoms with van der Waals surface area (Å²) in [4.78, 5) is 0. The number of rotatable bonds is 1. The molecule has 1 heterocycles. The van der Waals surface area contributed by atoms with Crippen molar-refractivity contribution in [1.82, 2.24) is 20.6 Å². The molecule has 2 fully saturated rings. The van der Waals surface area contributed by atoms with Gasteiger partial charge in [0, 0.05) is 5.92 Å². The summed E-state index contributed by atoms with van der Waals surface area (Å²) in [7, 11) is 0. The van der Waals surface area contributed by atoms with Crippen molar-refractivity contribution in [3.63, 3.8) is 0 Å². The zero-order chi connectivity index (χ0) is 10.8. The Morgan fingerprint density at radius 2 is 1.81 bits per heavy atom. The molecule has 0 aliphatic heterocycles. The molecular formula is C12H18N4. The van der Waals surface area contributed by atoms with Gasteiger partial charge in [0.1, 0.15) is 0 Å². The number of nitrogens with zero attached hydrogens (tertiary/aromatic N) is 4. The molecule has 1 aromatic rings. The average molecular weight is 218 g/mol. The number of hydrogen-bond acceptors (Lipinski definition) is 4. The molecule has 2 saturated carbocycles. The highest BCUT2D eigenvalue weighted by atomic mass is 15.4. The van der Waals surface area contributed by atoms with E-state index in [1.807, 2.05) is 6.20 Å². The van der Waals surface area contributed by atoms with Crippen LogP contribution in [0.25, 0.3) is 0 Å².